The molecule has 1 saturated heterocycles. The smallest absolute Gasteiger partial charge is 0.0166 e. The van der Waals surface area contributed by atoms with Crippen LogP contribution >= 0.6 is 15.9 Å². The lowest BCUT2D eigenvalue weighted by Gasteiger charge is -2.24. The van der Waals surface area contributed by atoms with E-state index < -0.39 is 0 Å². The van der Waals surface area contributed by atoms with Crippen molar-refractivity contribution in [2.75, 3.05) is 19.6 Å². The van der Waals surface area contributed by atoms with Crippen LogP contribution in [0.2, 0.25) is 0 Å². The van der Waals surface area contributed by atoms with Gasteiger partial charge in [-0.25, -0.2) is 0 Å². The van der Waals surface area contributed by atoms with Gasteiger partial charge in [0.1, 0.15) is 0 Å². The van der Waals surface area contributed by atoms with Crippen LogP contribution in [-0.4, -0.2) is 24.5 Å². The van der Waals surface area contributed by atoms with Gasteiger partial charge in [-0.2, -0.15) is 0 Å². The molecule has 2 heteroatoms. The summed E-state index contributed by atoms with van der Waals surface area (Å²) >= 11 is 3.52. The molecule has 0 aromatic rings. The van der Waals surface area contributed by atoms with E-state index in [0.717, 1.165) is 13.0 Å². The molecular formula is C12H20BrN. The van der Waals surface area contributed by atoms with Crippen molar-refractivity contribution >= 4 is 15.9 Å². The third-order valence-corrected chi connectivity index (χ3v) is 3.08. The molecule has 0 amide bonds. The van der Waals surface area contributed by atoms with E-state index in [-0.39, 0.29) is 0 Å². The van der Waals surface area contributed by atoms with E-state index in [1.165, 1.54) is 36.8 Å². The Morgan fingerprint density at radius 3 is 2.64 bits per heavy atom. The first-order valence-corrected chi connectivity index (χ1v) is 6.36. The highest BCUT2D eigenvalue weighted by atomic mass is 79.9. The zero-order valence-corrected chi connectivity index (χ0v) is 10.6. The number of allylic oxidation sites excluding steroid dienone is 3. The van der Waals surface area contributed by atoms with E-state index in [0.29, 0.717) is 0 Å². The highest BCUT2D eigenvalue weighted by Crippen LogP contribution is 2.10. The first-order chi connectivity index (χ1) is 6.83. The van der Waals surface area contributed by atoms with Crippen molar-refractivity contribution < 1.29 is 0 Å². The lowest BCUT2D eigenvalue weighted by molar-refractivity contribution is 0.251. The van der Waals surface area contributed by atoms with Crippen LogP contribution in [0.25, 0.3) is 0 Å². The maximum absolute atomic E-state index is 3.52. The first kappa shape index (κ1) is 12.0. The molecule has 0 bridgehead atoms. The Morgan fingerprint density at radius 1 is 1.29 bits per heavy atom. The Kier molecular flexibility index (Phi) is 6.20. The molecule has 1 aliphatic rings. The largest absolute Gasteiger partial charge is 0.300 e. The minimum absolute atomic E-state index is 1.09. The van der Waals surface area contributed by atoms with Crippen LogP contribution in [0.3, 0.4) is 0 Å². The van der Waals surface area contributed by atoms with Gasteiger partial charge in [-0.05, 0) is 32.4 Å². The molecule has 0 saturated carbocycles. The Hall–Kier alpha value is -0.0800. The van der Waals surface area contributed by atoms with Crippen molar-refractivity contribution in [3.63, 3.8) is 0 Å². The van der Waals surface area contributed by atoms with Gasteiger partial charge in [-0.15, -0.1) is 0 Å². The average molecular weight is 258 g/mol. The topological polar surface area (TPSA) is 3.24 Å². The van der Waals surface area contributed by atoms with Crippen LogP contribution in [-0.2, 0) is 0 Å². The average Bonchev–Trinajstić information content (AvgIpc) is 2.20. The fourth-order valence-electron chi connectivity index (χ4n) is 1.72. The maximum atomic E-state index is 3.52. The predicted molar refractivity (Wildman–Crippen MR) is 66.7 cm³/mol. The maximum Gasteiger partial charge on any atom is 0.0166 e. The van der Waals surface area contributed by atoms with Crippen LogP contribution in [0.5, 0.6) is 0 Å². The number of halogens is 1. The molecule has 14 heavy (non-hydrogen) atoms. The van der Waals surface area contributed by atoms with Crippen LogP contribution in [0.1, 0.15) is 32.6 Å². The van der Waals surface area contributed by atoms with Gasteiger partial charge in [0.15, 0.2) is 0 Å². The highest BCUT2D eigenvalue weighted by Gasteiger charge is 2.07. The van der Waals surface area contributed by atoms with Gasteiger partial charge in [-0.3, -0.25) is 4.90 Å². The summed E-state index contributed by atoms with van der Waals surface area (Å²) < 4.78 is 1.21. The lowest BCUT2D eigenvalue weighted by Crippen LogP contribution is -2.29. The molecule has 0 radical (unpaired) electrons. The van der Waals surface area contributed by atoms with Gasteiger partial charge in [-0.1, -0.05) is 47.5 Å². The molecule has 0 aromatic heterocycles. The lowest BCUT2D eigenvalue weighted by atomic mass is 10.1. The molecule has 1 rings (SSSR count). The Bertz CT molecular complexity index is 202. The second kappa shape index (κ2) is 7.24. The first-order valence-electron chi connectivity index (χ1n) is 5.57. The van der Waals surface area contributed by atoms with Crippen LogP contribution in [0, 0.1) is 0 Å². The Morgan fingerprint density at radius 2 is 2.00 bits per heavy atom. The molecule has 1 aliphatic heterocycles. The van der Waals surface area contributed by atoms with Crippen molar-refractivity contribution in [1.82, 2.24) is 4.90 Å². The van der Waals surface area contributed by atoms with E-state index in [2.05, 4.69) is 46.0 Å². The van der Waals surface area contributed by atoms with Crippen molar-refractivity contribution in [2.45, 2.75) is 32.6 Å². The molecule has 1 nitrogen and oxygen atoms in total. The molecule has 0 aromatic carbocycles. The molecule has 1 fully saturated rings. The van der Waals surface area contributed by atoms with Gasteiger partial charge in [0.2, 0.25) is 0 Å². The molecule has 0 aliphatic carbocycles. The summed E-state index contributed by atoms with van der Waals surface area (Å²) in [5.41, 5.74) is 0. The Labute approximate surface area is 96.0 Å². The van der Waals surface area contributed by atoms with Crippen molar-refractivity contribution in [2.24, 2.45) is 0 Å². The van der Waals surface area contributed by atoms with Crippen molar-refractivity contribution in [1.29, 1.82) is 0 Å². The van der Waals surface area contributed by atoms with E-state index in [1.807, 2.05) is 0 Å². The standard InChI is InChI=1S/C12H20BrN/c1-2-7-12(13)8-6-11-14-9-4-3-5-10-14/h6-8H,2-5,9-11H2,1H3/b8-6+,12-7-. The molecule has 0 N–H and O–H groups in total. The van der Waals surface area contributed by atoms with E-state index >= 15 is 0 Å². The summed E-state index contributed by atoms with van der Waals surface area (Å²) in [5, 5.41) is 0. The zero-order valence-electron chi connectivity index (χ0n) is 9.01. The number of nitrogens with zero attached hydrogens (tertiary/aromatic N) is 1. The number of rotatable bonds is 4. The third-order valence-electron chi connectivity index (χ3n) is 2.49. The van der Waals surface area contributed by atoms with Gasteiger partial charge in [0.05, 0.1) is 0 Å². The summed E-state index contributed by atoms with van der Waals surface area (Å²) in [4.78, 5) is 2.52. The van der Waals surface area contributed by atoms with Crippen LogP contribution in [0.15, 0.2) is 22.7 Å². The molecule has 80 valence electrons. The number of hydrogen-bond donors (Lipinski definition) is 0. The predicted octanol–water partition coefficient (Wildman–Crippen LogP) is 3.72. The monoisotopic (exact) mass is 257 g/mol. The van der Waals surface area contributed by atoms with E-state index in [9.17, 15) is 0 Å². The minimum Gasteiger partial charge on any atom is -0.300 e. The quantitative estimate of drug-likeness (QED) is 0.695. The number of piperidine rings is 1. The van der Waals surface area contributed by atoms with Crippen LogP contribution < -0.4 is 0 Å². The fourth-order valence-corrected chi connectivity index (χ4v) is 2.23. The number of hydrogen-bond acceptors (Lipinski definition) is 1. The van der Waals surface area contributed by atoms with Crippen molar-refractivity contribution in [3.8, 4) is 0 Å². The molecule has 0 spiro atoms. The summed E-state index contributed by atoms with van der Waals surface area (Å²) in [6.45, 7) is 5.81. The normalized spacial score (nSPS) is 20.6. The van der Waals surface area contributed by atoms with E-state index in [4.69, 9.17) is 0 Å². The Balaban J connectivity index is 2.21. The summed E-state index contributed by atoms with van der Waals surface area (Å²) in [6, 6.07) is 0. The van der Waals surface area contributed by atoms with Gasteiger partial charge in [0.25, 0.3) is 0 Å². The SMILES string of the molecule is CC/C=C(Br)/C=C/CN1CCCCC1. The van der Waals surface area contributed by atoms with Gasteiger partial charge < -0.3 is 0 Å². The van der Waals surface area contributed by atoms with E-state index in [1.54, 1.807) is 0 Å². The zero-order chi connectivity index (χ0) is 10.2. The summed E-state index contributed by atoms with van der Waals surface area (Å²) in [5.74, 6) is 0. The highest BCUT2D eigenvalue weighted by molar-refractivity contribution is 9.11. The van der Waals surface area contributed by atoms with Crippen molar-refractivity contribution in [3.05, 3.63) is 22.7 Å². The van der Waals surface area contributed by atoms with Gasteiger partial charge in [0, 0.05) is 11.0 Å². The molecule has 0 atom stereocenters. The molecular weight excluding hydrogens is 238 g/mol. The summed E-state index contributed by atoms with van der Waals surface area (Å²) in [7, 11) is 0. The minimum atomic E-state index is 1.09. The molecule has 0 unspecified atom stereocenters. The van der Waals surface area contributed by atoms with Crippen LogP contribution in [0.4, 0.5) is 0 Å². The second-order valence-corrected chi connectivity index (χ2v) is 4.68. The fraction of sp³-hybridized carbons (Fsp3) is 0.667. The van der Waals surface area contributed by atoms with Gasteiger partial charge >= 0.3 is 0 Å². The third kappa shape index (κ3) is 4.97. The molecule has 1 heterocycles. The second-order valence-electron chi connectivity index (χ2n) is 3.76. The summed E-state index contributed by atoms with van der Waals surface area (Å²) in [6.07, 6.45) is 11.9. The number of likely N-dealkylation sites (tertiary alicyclic amines) is 1.